The van der Waals surface area contributed by atoms with Gasteiger partial charge in [-0.15, -0.1) is 0 Å². The van der Waals surface area contributed by atoms with Crippen LogP contribution in [0.5, 0.6) is 11.5 Å². The highest BCUT2D eigenvalue weighted by Crippen LogP contribution is 2.32. The maximum absolute atomic E-state index is 12.8. The van der Waals surface area contributed by atoms with E-state index >= 15 is 0 Å². The third-order valence-electron chi connectivity index (χ3n) is 5.56. The molecule has 0 radical (unpaired) electrons. The second-order valence-electron chi connectivity index (χ2n) is 8.39. The number of hydrogen-bond donors (Lipinski definition) is 2. The fourth-order valence-corrected chi connectivity index (χ4v) is 4.56. The molecule has 200 valence electrons. The van der Waals surface area contributed by atoms with Crippen LogP contribution < -0.4 is 20.1 Å². The Morgan fingerprint density at radius 3 is 2.46 bits per heavy atom. The Hall–Kier alpha value is -4.28. The van der Waals surface area contributed by atoms with Crippen LogP contribution in [0.4, 0.5) is 16.2 Å². The minimum Gasteiger partial charge on any atom is -0.495 e. The van der Waals surface area contributed by atoms with Crippen LogP contribution in [0.15, 0.2) is 71.6 Å². The van der Waals surface area contributed by atoms with Gasteiger partial charge in [0.1, 0.15) is 18.0 Å². The first-order valence-electron chi connectivity index (χ1n) is 11.7. The molecule has 0 atom stereocenters. The Bertz CT molecular complexity index is 1460. The van der Waals surface area contributed by atoms with E-state index in [0.29, 0.717) is 33.5 Å². The number of carbonyl (C=O) groups excluding carboxylic acids is 4. The van der Waals surface area contributed by atoms with E-state index in [9.17, 15) is 19.2 Å². The van der Waals surface area contributed by atoms with Crippen molar-refractivity contribution in [2.45, 2.75) is 6.92 Å². The van der Waals surface area contributed by atoms with Gasteiger partial charge >= 0.3 is 0 Å². The van der Waals surface area contributed by atoms with Gasteiger partial charge in [-0.1, -0.05) is 41.9 Å². The van der Waals surface area contributed by atoms with Crippen molar-refractivity contribution in [1.29, 1.82) is 0 Å². The number of nitrogens with one attached hydrogen (secondary N) is 2. The monoisotopic (exact) mass is 565 g/mol. The predicted molar refractivity (Wildman–Crippen MR) is 151 cm³/mol. The van der Waals surface area contributed by atoms with Crippen molar-refractivity contribution < 1.29 is 28.7 Å². The number of para-hydroxylation sites is 2. The number of halogens is 1. The lowest BCUT2D eigenvalue weighted by Gasteiger charge is -2.13. The van der Waals surface area contributed by atoms with Gasteiger partial charge in [0.25, 0.3) is 17.1 Å². The minimum absolute atomic E-state index is 0.191. The molecule has 2 N–H and O–H groups in total. The number of anilines is 2. The molecule has 1 aliphatic heterocycles. The minimum atomic E-state index is -0.560. The number of aryl methyl sites for hydroxylation is 1. The topological polar surface area (TPSA) is 114 Å². The molecule has 0 aromatic heterocycles. The molecule has 39 heavy (non-hydrogen) atoms. The summed E-state index contributed by atoms with van der Waals surface area (Å²) in [5, 5.41) is 5.32. The number of carbonyl (C=O) groups is 4. The fraction of sp³-hybridized carbons (Fsp3) is 0.143. The molecular weight excluding hydrogens is 542 g/mol. The van der Waals surface area contributed by atoms with E-state index in [-0.39, 0.29) is 17.4 Å². The maximum Gasteiger partial charge on any atom is 0.294 e. The van der Waals surface area contributed by atoms with Crippen LogP contribution in [0.25, 0.3) is 6.08 Å². The zero-order valence-electron chi connectivity index (χ0n) is 21.0. The quantitative estimate of drug-likeness (QED) is 0.336. The zero-order chi connectivity index (χ0) is 27.9. The molecule has 0 spiro atoms. The van der Waals surface area contributed by atoms with Gasteiger partial charge in [-0.25, -0.2) is 0 Å². The Kier molecular flexibility index (Phi) is 8.90. The lowest BCUT2D eigenvalue weighted by atomic mass is 10.2. The van der Waals surface area contributed by atoms with E-state index in [2.05, 4.69) is 10.6 Å². The highest BCUT2D eigenvalue weighted by molar-refractivity contribution is 8.18. The van der Waals surface area contributed by atoms with Crippen molar-refractivity contribution in [1.82, 2.24) is 4.90 Å². The lowest BCUT2D eigenvalue weighted by molar-refractivity contribution is -0.127. The highest BCUT2D eigenvalue weighted by Gasteiger charge is 2.36. The van der Waals surface area contributed by atoms with Gasteiger partial charge in [-0.3, -0.25) is 24.1 Å². The molecule has 0 saturated carbocycles. The number of hydrogen-bond acceptors (Lipinski definition) is 7. The van der Waals surface area contributed by atoms with Gasteiger partial charge in [0.2, 0.25) is 5.91 Å². The van der Waals surface area contributed by atoms with Gasteiger partial charge in [-0.05, 0) is 72.3 Å². The first-order valence-corrected chi connectivity index (χ1v) is 12.9. The highest BCUT2D eigenvalue weighted by atomic mass is 35.5. The average molecular weight is 566 g/mol. The van der Waals surface area contributed by atoms with Gasteiger partial charge in [0.05, 0.1) is 17.7 Å². The van der Waals surface area contributed by atoms with E-state index in [1.807, 2.05) is 6.92 Å². The number of nitrogens with zero attached hydrogens (tertiary/aromatic N) is 1. The van der Waals surface area contributed by atoms with E-state index in [0.717, 1.165) is 22.2 Å². The molecule has 3 aromatic rings. The molecule has 11 heteroatoms. The average Bonchev–Trinajstić information content (AvgIpc) is 3.17. The molecule has 1 heterocycles. The first-order chi connectivity index (χ1) is 18.7. The van der Waals surface area contributed by atoms with E-state index in [1.165, 1.54) is 7.11 Å². The number of ether oxygens (including phenoxy) is 2. The summed E-state index contributed by atoms with van der Waals surface area (Å²) in [7, 11) is 1.52. The van der Waals surface area contributed by atoms with E-state index in [4.69, 9.17) is 21.1 Å². The maximum atomic E-state index is 12.8. The molecular formula is C28H24ClN3O6S. The summed E-state index contributed by atoms with van der Waals surface area (Å²) in [6.45, 7) is 1.20. The zero-order valence-corrected chi connectivity index (χ0v) is 22.6. The molecule has 9 nitrogen and oxygen atoms in total. The Morgan fingerprint density at radius 1 is 1.00 bits per heavy atom. The third-order valence-corrected chi connectivity index (χ3v) is 6.87. The molecule has 0 bridgehead atoms. The SMILES string of the molecule is COc1ccccc1NC(=O)COc1ccc(/C=C2\SC(=O)N(CC(=O)Nc3ccc(C)c(Cl)c3)C2=O)cc1. The summed E-state index contributed by atoms with van der Waals surface area (Å²) in [6, 6.07) is 18.8. The van der Waals surface area contributed by atoms with Crippen LogP contribution in [0.2, 0.25) is 5.02 Å². The Labute approximate surface area is 234 Å². The molecule has 1 saturated heterocycles. The lowest BCUT2D eigenvalue weighted by Crippen LogP contribution is -2.36. The number of benzene rings is 3. The molecule has 3 aromatic carbocycles. The predicted octanol–water partition coefficient (Wildman–Crippen LogP) is 5.35. The van der Waals surface area contributed by atoms with Crippen LogP contribution in [0, 0.1) is 6.92 Å². The number of thioether (sulfide) groups is 1. The van der Waals surface area contributed by atoms with Crippen molar-refractivity contribution in [2.24, 2.45) is 0 Å². The second kappa shape index (κ2) is 12.5. The van der Waals surface area contributed by atoms with Gasteiger partial charge in [0, 0.05) is 10.7 Å². The van der Waals surface area contributed by atoms with Crippen LogP contribution >= 0.6 is 23.4 Å². The van der Waals surface area contributed by atoms with Crippen LogP contribution in [0.3, 0.4) is 0 Å². The van der Waals surface area contributed by atoms with Crippen molar-refractivity contribution in [3.8, 4) is 11.5 Å². The number of methoxy groups -OCH3 is 1. The Balaban J connectivity index is 1.31. The standard InChI is InChI=1S/C28H24ClN3O6S/c1-17-7-10-19(14-21(17)29)30-25(33)15-32-27(35)24(39-28(32)36)13-18-8-11-20(12-9-18)38-16-26(34)31-22-5-3-4-6-23(22)37-2/h3-14H,15-16H2,1-2H3,(H,30,33)(H,31,34)/b24-13-. The Morgan fingerprint density at radius 2 is 1.74 bits per heavy atom. The summed E-state index contributed by atoms with van der Waals surface area (Å²) in [5.74, 6) is -0.448. The van der Waals surface area contributed by atoms with Crippen LogP contribution in [-0.4, -0.2) is 48.1 Å². The van der Waals surface area contributed by atoms with Crippen molar-refractivity contribution >= 4 is 63.8 Å². The molecule has 4 rings (SSSR count). The van der Waals surface area contributed by atoms with Gasteiger partial charge in [-0.2, -0.15) is 0 Å². The molecule has 0 unspecified atom stereocenters. The molecule has 4 amide bonds. The van der Waals surface area contributed by atoms with E-state index < -0.39 is 23.6 Å². The van der Waals surface area contributed by atoms with E-state index in [1.54, 1.807) is 72.8 Å². The van der Waals surface area contributed by atoms with Crippen molar-refractivity contribution in [3.63, 3.8) is 0 Å². The summed E-state index contributed by atoms with van der Waals surface area (Å²) >= 11 is 6.84. The first kappa shape index (κ1) is 27.7. The largest absolute Gasteiger partial charge is 0.495 e. The normalized spacial score (nSPS) is 13.9. The number of rotatable bonds is 9. The van der Waals surface area contributed by atoms with Gasteiger partial charge < -0.3 is 20.1 Å². The van der Waals surface area contributed by atoms with Crippen LogP contribution in [-0.2, 0) is 14.4 Å². The summed E-state index contributed by atoms with van der Waals surface area (Å²) in [5.41, 5.74) is 2.51. The number of amides is 4. The molecule has 0 aliphatic carbocycles. The number of imide groups is 1. The van der Waals surface area contributed by atoms with Gasteiger partial charge in [0.15, 0.2) is 6.61 Å². The smallest absolute Gasteiger partial charge is 0.294 e. The second-order valence-corrected chi connectivity index (χ2v) is 9.79. The summed E-state index contributed by atoms with van der Waals surface area (Å²) in [6.07, 6.45) is 1.56. The van der Waals surface area contributed by atoms with Crippen LogP contribution in [0.1, 0.15) is 11.1 Å². The fourth-order valence-electron chi connectivity index (χ4n) is 3.55. The van der Waals surface area contributed by atoms with Crippen molar-refractivity contribution in [3.05, 3.63) is 87.8 Å². The molecule has 1 aliphatic rings. The van der Waals surface area contributed by atoms with Crippen molar-refractivity contribution in [2.75, 3.05) is 30.9 Å². The summed E-state index contributed by atoms with van der Waals surface area (Å²) in [4.78, 5) is 50.9. The third kappa shape index (κ3) is 7.18. The summed E-state index contributed by atoms with van der Waals surface area (Å²) < 4.78 is 10.8. The molecule has 1 fully saturated rings.